The third-order valence-electron chi connectivity index (χ3n) is 2.78. The highest BCUT2D eigenvalue weighted by molar-refractivity contribution is 5.94. The number of ether oxygens (including phenoxy) is 1. The smallest absolute Gasteiger partial charge is 0.251 e. The van der Waals surface area contributed by atoms with Crippen LogP contribution in [-0.2, 0) is 0 Å². The van der Waals surface area contributed by atoms with Gasteiger partial charge in [-0.05, 0) is 31.0 Å². The maximum Gasteiger partial charge on any atom is 0.251 e. The highest BCUT2D eigenvalue weighted by atomic mass is 19.1. The van der Waals surface area contributed by atoms with Crippen molar-refractivity contribution in [3.63, 3.8) is 0 Å². The van der Waals surface area contributed by atoms with Crippen molar-refractivity contribution in [1.29, 1.82) is 0 Å². The topological polar surface area (TPSA) is 58.6 Å². The van der Waals surface area contributed by atoms with E-state index in [1.165, 1.54) is 25.3 Å². The molecule has 0 aliphatic heterocycles. The van der Waals surface area contributed by atoms with Crippen molar-refractivity contribution < 1.29 is 19.0 Å². The Balaban J connectivity index is 2.35. The Morgan fingerprint density at radius 3 is 2.68 bits per heavy atom. The summed E-state index contributed by atoms with van der Waals surface area (Å²) in [6.45, 7) is 0.759. The van der Waals surface area contributed by atoms with Gasteiger partial charge in [0, 0.05) is 18.7 Å². The maximum absolute atomic E-state index is 13.4. The zero-order valence-corrected chi connectivity index (χ0v) is 11.1. The number of benzene rings is 1. The normalized spacial score (nSPS) is 10.3. The summed E-state index contributed by atoms with van der Waals surface area (Å²) in [6.07, 6.45) is 3.55. The summed E-state index contributed by atoms with van der Waals surface area (Å²) in [5.74, 6) is -0.706. The number of methoxy groups -OCH3 is 1. The van der Waals surface area contributed by atoms with Crippen LogP contribution in [-0.4, -0.2) is 31.3 Å². The predicted octanol–water partition coefficient (Wildman–Crippen LogP) is 2.12. The van der Waals surface area contributed by atoms with E-state index >= 15 is 0 Å². The Bertz CT molecular complexity index is 410. The Morgan fingerprint density at radius 1 is 1.32 bits per heavy atom. The van der Waals surface area contributed by atoms with Crippen molar-refractivity contribution in [3.8, 4) is 5.75 Å². The molecule has 0 atom stereocenters. The molecule has 0 aliphatic carbocycles. The number of nitrogens with one attached hydrogen (secondary N) is 1. The Labute approximate surface area is 112 Å². The summed E-state index contributed by atoms with van der Waals surface area (Å²) >= 11 is 0. The zero-order valence-electron chi connectivity index (χ0n) is 11.1. The van der Waals surface area contributed by atoms with Crippen LogP contribution in [0, 0.1) is 5.82 Å². The van der Waals surface area contributed by atoms with E-state index in [1.807, 2.05) is 0 Å². The summed E-state index contributed by atoms with van der Waals surface area (Å²) in [6, 6.07) is 4.13. The van der Waals surface area contributed by atoms with Crippen molar-refractivity contribution >= 4 is 5.91 Å². The third kappa shape index (κ3) is 5.26. The molecule has 0 saturated heterocycles. The van der Waals surface area contributed by atoms with E-state index in [4.69, 9.17) is 9.84 Å². The molecule has 0 unspecified atom stereocenters. The standard InChI is InChI=1S/C14H20FNO3/c1-19-13-7-6-11(10-12(13)15)14(18)16-8-4-2-3-5-9-17/h6-7,10,17H,2-5,8-9H2,1H3,(H,16,18). The molecule has 1 aromatic carbocycles. The molecular formula is C14H20FNO3. The molecule has 0 radical (unpaired) electrons. The molecule has 0 aliphatic rings. The van der Waals surface area contributed by atoms with Crippen LogP contribution in [0.15, 0.2) is 18.2 Å². The number of halogens is 1. The number of amides is 1. The van der Waals surface area contributed by atoms with Crippen molar-refractivity contribution in [2.45, 2.75) is 25.7 Å². The molecule has 0 fully saturated rings. The molecule has 0 aromatic heterocycles. The van der Waals surface area contributed by atoms with Gasteiger partial charge in [0.15, 0.2) is 11.6 Å². The van der Waals surface area contributed by atoms with Crippen LogP contribution in [0.3, 0.4) is 0 Å². The van der Waals surface area contributed by atoms with E-state index in [9.17, 15) is 9.18 Å². The van der Waals surface area contributed by atoms with Gasteiger partial charge in [-0.15, -0.1) is 0 Å². The minimum Gasteiger partial charge on any atom is -0.494 e. The zero-order chi connectivity index (χ0) is 14.1. The number of carbonyl (C=O) groups is 1. The predicted molar refractivity (Wildman–Crippen MR) is 70.8 cm³/mol. The number of aliphatic hydroxyl groups is 1. The quantitative estimate of drug-likeness (QED) is 0.711. The minimum atomic E-state index is -0.543. The average Bonchev–Trinajstić information content (AvgIpc) is 2.42. The number of rotatable bonds is 8. The summed E-state index contributed by atoms with van der Waals surface area (Å²) in [5, 5.41) is 11.3. The van der Waals surface area contributed by atoms with Crippen molar-refractivity contribution in [2.75, 3.05) is 20.3 Å². The maximum atomic E-state index is 13.4. The molecule has 0 spiro atoms. The Morgan fingerprint density at radius 2 is 2.05 bits per heavy atom. The number of hydrogen-bond acceptors (Lipinski definition) is 3. The first-order valence-corrected chi connectivity index (χ1v) is 6.41. The van der Waals surface area contributed by atoms with Gasteiger partial charge < -0.3 is 15.2 Å². The van der Waals surface area contributed by atoms with Crippen LogP contribution in [0.1, 0.15) is 36.0 Å². The first kappa shape index (κ1) is 15.4. The van der Waals surface area contributed by atoms with Gasteiger partial charge in [0.05, 0.1) is 7.11 Å². The fourth-order valence-electron chi connectivity index (χ4n) is 1.70. The van der Waals surface area contributed by atoms with Crippen LogP contribution in [0.4, 0.5) is 4.39 Å². The Hall–Kier alpha value is -1.62. The molecule has 5 heteroatoms. The summed E-state index contributed by atoms with van der Waals surface area (Å²) in [5.41, 5.74) is 0.286. The van der Waals surface area contributed by atoms with E-state index in [0.29, 0.717) is 6.54 Å². The lowest BCUT2D eigenvalue weighted by molar-refractivity contribution is 0.0952. The fraction of sp³-hybridized carbons (Fsp3) is 0.500. The molecule has 106 valence electrons. The van der Waals surface area contributed by atoms with E-state index in [-0.39, 0.29) is 23.8 Å². The lowest BCUT2D eigenvalue weighted by atomic mass is 10.1. The van der Waals surface area contributed by atoms with Gasteiger partial charge in [0.25, 0.3) is 5.91 Å². The van der Waals surface area contributed by atoms with Crippen LogP contribution in [0.2, 0.25) is 0 Å². The largest absolute Gasteiger partial charge is 0.494 e. The second-order valence-corrected chi connectivity index (χ2v) is 4.24. The lowest BCUT2D eigenvalue weighted by Crippen LogP contribution is -2.24. The molecule has 0 saturated carbocycles. The molecule has 0 bridgehead atoms. The van der Waals surface area contributed by atoms with Crippen LogP contribution in [0.5, 0.6) is 5.75 Å². The van der Waals surface area contributed by atoms with Crippen LogP contribution in [0.25, 0.3) is 0 Å². The molecule has 1 rings (SSSR count). The van der Waals surface area contributed by atoms with Gasteiger partial charge in [0.1, 0.15) is 0 Å². The molecule has 4 nitrogen and oxygen atoms in total. The van der Waals surface area contributed by atoms with E-state index in [2.05, 4.69) is 5.32 Å². The Kier molecular flexibility index (Phi) is 6.89. The van der Waals surface area contributed by atoms with E-state index in [0.717, 1.165) is 25.7 Å². The van der Waals surface area contributed by atoms with Crippen molar-refractivity contribution in [1.82, 2.24) is 5.32 Å². The van der Waals surface area contributed by atoms with Crippen LogP contribution >= 0.6 is 0 Å². The van der Waals surface area contributed by atoms with Gasteiger partial charge in [-0.1, -0.05) is 12.8 Å². The molecule has 19 heavy (non-hydrogen) atoms. The number of unbranched alkanes of at least 4 members (excludes halogenated alkanes) is 3. The van der Waals surface area contributed by atoms with E-state index in [1.54, 1.807) is 0 Å². The van der Waals surface area contributed by atoms with Gasteiger partial charge >= 0.3 is 0 Å². The highest BCUT2D eigenvalue weighted by Gasteiger charge is 2.09. The van der Waals surface area contributed by atoms with Gasteiger partial charge in [0.2, 0.25) is 0 Å². The van der Waals surface area contributed by atoms with Crippen LogP contribution < -0.4 is 10.1 Å². The second kappa shape index (κ2) is 8.48. The van der Waals surface area contributed by atoms with E-state index < -0.39 is 5.82 Å². The van der Waals surface area contributed by atoms with Gasteiger partial charge in [-0.3, -0.25) is 4.79 Å². The number of hydrogen-bond donors (Lipinski definition) is 2. The SMILES string of the molecule is COc1ccc(C(=O)NCCCCCCO)cc1F. The lowest BCUT2D eigenvalue weighted by Gasteiger charge is -2.07. The summed E-state index contributed by atoms with van der Waals surface area (Å²) < 4.78 is 18.2. The fourth-order valence-corrected chi connectivity index (χ4v) is 1.70. The molecule has 1 amide bonds. The first-order chi connectivity index (χ1) is 9.19. The van der Waals surface area contributed by atoms with Gasteiger partial charge in [-0.2, -0.15) is 0 Å². The molecule has 1 aromatic rings. The molecule has 0 heterocycles. The van der Waals surface area contributed by atoms with Crippen molar-refractivity contribution in [2.24, 2.45) is 0 Å². The molecular weight excluding hydrogens is 249 g/mol. The highest BCUT2D eigenvalue weighted by Crippen LogP contribution is 2.17. The minimum absolute atomic E-state index is 0.126. The average molecular weight is 269 g/mol. The first-order valence-electron chi connectivity index (χ1n) is 6.41. The second-order valence-electron chi connectivity index (χ2n) is 4.24. The van der Waals surface area contributed by atoms with Gasteiger partial charge in [-0.25, -0.2) is 4.39 Å². The third-order valence-corrected chi connectivity index (χ3v) is 2.78. The monoisotopic (exact) mass is 269 g/mol. The molecule has 2 N–H and O–H groups in total. The summed E-state index contributed by atoms with van der Waals surface area (Å²) in [4.78, 5) is 11.7. The number of carbonyl (C=O) groups excluding carboxylic acids is 1. The number of aliphatic hydroxyl groups excluding tert-OH is 1. The summed E-state index contributed by atoms with van der Waals surface area (Å²) in [7, 11) is 1.38. The van der Waals surface area contributed by atoms with Crippen molar-refractivity contribution in [3.05, 3.63) is 29.6 Å².